The lowest BCUT2D eigenvalue weighted by molar-refractivity contribution is 0.260. The van der Waals surface area contributed by atoms with E-state index in [1.54, 1.807) is 6.20 Å². The van der Waals surface area contributed by atoms with E-state index in [1.807, 2.05) is 6.20 Å². The molecule has 3 heteroatoms. The molecule has 1 aliphatic carbocycles. The summed E-state index contributed by atoms with van der Waals surface area (Å²) in [6, 6.07) is 11.2. The van der Waals surface area contributed by atoms with E-state index in [0.717, 1.165) is 18.3 Å². The molecule has 0 spiro atoms. The largest absolute Gasteiger partial charge is 0.348 e. The van der Waals surface area contributed by atoms with E-state index in [2.05, 4.69) is 45.6 Å². The van der Waals surface area contributed by atoms with Gasteiger partial charge in [0.2, 0.25) is 0 Å². The van der Waals surface area contributed by atoms with E-state index in [4.69, 9.17) is 0 Å². The molecule has 1 aromatic carbocycles. The SMILES string of the molecule is c1ccc(C(CC2CCC2)NCc2ncc[nH]2)cc1. The molecule has 1 heterocycles. The van der Waals surface area contributed by atoms with Crippen LogP contribution in [0.15, 0.2) is 42.7 Å². The predicted molar refractivity (Wildman–Crippen MR) is 76.6 cm³/mol. The monoisotopic (exact) mass is 255 g/mol. The van der Waals surface area contributed by atoms with Crippen LogP contribution in [0.25, 0.3) is 0 Å². The Labute approximate surface area is 114 Å². The van der Waals surface area contributed by atoms with Gasteiger partial charge in [0, 0.05) is 18.4 Å². The number of aromatic nitrogens is 2. The Balaban J connectivity index is 1.65. The fraction of sp³-hybridized carbons (Fsp3) is 0.438. The maximum Gasteiger partial charge on any atom is 0.120 e. The van der Waals surface area contributed by atoms with Gasteiger partial charge in [-0.2, -0.15) is 0 Å². The Kier molecular flexibility index (Phi) is 3.94. The summed E-state index contributed by atoms with van der Waals surface area (Å²) < 4.78 is 0. The van der Waals surface area contributed by atoms with Crippen molar-refractivity contribution in [3.05, 3.63) is 54.1 Å². The third-order valence-electron chi connectivity index (χ3n) is 4.07. The van der Waals surface area contributed by atoms with Gasteiger partial charge in [-0.05, 0) is 17.9 Å². The Morgan fingerprint density at radius 3 is 2.74 bits per heavy atom. The Bertz CT molecular complexity index is 474. The number of hydrogen-bond donors (Lipinski definition) is 2. The summed E-state index contributed by atoms with van der Waals surface area (Å²) in [6.07, 6.45) is 9.12. The van der Waals surface area contributed by atoms with Crippen molar-refractivity contribution < 1.29 is 0 Å². The van der Waals surface area contributed by atoms with Crippen molar-refractivity contribution in [1.82, 2.24) is 15.3 Å². The molecule has 1 fully saturated rings. The highest BCUT2D eigenvalue weighted by Crippen LogP contribution is 2.34. The third-order valence-corrected chi connectivity index (χ3v) is 4.07. The normalized spacial score (nSPS) is 17.1. The molecule has 0 bridgehead atoms. The number of rotatable bonds is 6. The lowest BCUT2D eigenvalue weighted by Gasteiger charge is -2.30. The number of imidazole rings is 1. The summed E-state index contributed by atoms with van der Waals surface area (Å²) in [7, 11) is 0. The molecule has 1 saturated carbocycles. The van der Waals surface area contributed by atoms with E-state index >= 15 is 0 Å². The van der Waals surface area contributed by atoms with Crippen LogP contribution in [-0.4, -0.2) is 9.97 Å². The standard InChI is InChI=1S/C16H21N3/c1-2-7-14(8-3-1)15(11-13-5-4-6-13)19-12-16-17-9-10-18-16/h1-3,7-10,13,15,19H,4-6,11-12H2,(H,17,18). The van der Waals surface area contributed by atoms with Gasteiger partial charge in [-0.3, -0.25) is 0 Å². The molecule has 19 heavy (non-hydrogen) atoms. The molecule has 1 atom stereocenters. The second kappa shape index (κ2) is 6.02. The fourth-order valence-corrected chi connectivity index (χ4v) is 2.70. The van der Waals surface area contributed by atoms with Gasteiger partial charge >= 0.3 is 0 Å². The zero-order valence-corrected chi connectivity index (χ0v) is 11.2. The maximum atomic E-state index is 4.28. The first kappa shape index (κ1) is 12.4. The number of nitrogens with zero attached hydrogens (tertiary/aromatic N) is 1. The highest BCUT2D eigenvalue weighted by atomic mass is 15.0. The molecule has 0 aliphatic heterocycles. The van der Waals surface area contributed by atoms with Crippen molar-refractivity contribution in [3.63, 3.8) is 0 Å². The molecule has 2 N–H and O–H groups in total. The zero-order valence-electron chi connectivity index (χ0n) is 11.2. The van der Waals surface area contributed by atoms with Crippen LogP contribution in [0.1, 0.15) is 43.1 Å². The minimum atomic E-state index is 0.441. The van der Waals surface area contributed by atoms with E-state index in [0.29, 0.717) is 6.04 Å². The van der Waals surface area contributed by atoms with Crippen molar-refractivity contribution in [3.8, 4) is 0 Å². The van der Waals surface area contributed by atoms with Crippen molar-refractivity contribution in [2.45, 2.75) is 38.3 Å². The lowest BCUT2D eigenvalue weighted by Crippen LogP contribution is -2.26. The zero-order chi connectivity index (χ0) is 12.9. The van der Waals surface area contributed by atoms with E-state index in [1.165, 1.54) is 31.2 Å². The molecule has 1 aromatic heterocycles. The second-order valence-electron chi connectivity index (χ2n) is 5.41. The maximum absolute atomic E-state index is 4.28. The fourth-order valence-electron chi connectivity index (χ4n) is 2.70. The van der Waals surface area contributed by atoms with Crippen molar-refractivity contribution in [2.75, 3.05) is 0 Å². The molecule has 0 amide bonds. The number of aromatic amines is 1. The molecule has 0 saturated heterocycles. The van der Waals surface area contributed by atoms with E-state index in [9.17, 15) is 0 Å². The molecular weight excluding hydrogens is 234 g/mol. The van der Waals surface area contributed by atoms with Gasteiger partial charge < -0.3 is 10.3 Å². The van der Waals surface area contributed by atoms with E-state index in [-0.39, 0.29) is 0 Å². The summed E-state index contributed by atoms with van der Waals surface area (Å²) in [5.74, 6) is 1.91. The minimum absolute atomic E-state index is 0.441. The van der Waals surface area contributed by atoms with Gasteiger partial charge in [-0.25, -0.2) is 4.98 Å². The van der Waals surface area contributed by atoms with Crippen molar-refractivity contribution in [1.29, 1.82) is 0 Å². The van der Waals surface area contributed by atoms with Crippen LogP contribution < -0.4 is 5.32 Å². The Morgan fingerprint density at radius 1 is 1.26 bits per heavy atom. The molecule has 100 valence electrons. The van der Waals surface area contributed by atoms with Crippen molar-refractivity contribution >= 4 is 0 Å². The summed E-state index contributed by atoms with van der Waals surface area (Å²) in [5.41, 5.74) is 1.39. The predicted octanol–water partition coefficient (Wildman–Crippen LogP) is 3.43. The van der Waals surface area contributed by atoms with Crippen LogP contribution in [0.5, 0.6) is 0 Å². The smallest absolute Gasteiger partial charge is 0.120 e. The summed E-state index contributed by atoms with van der Waals surface area (Å²) in [6.45, 7) is 0.805. The molecule has 1 aliphatic rings. The molecule has 3 nitrogen and oxygen atoms in total. The average Bonchev–Trinajstić information content (AvgIpc) is 2.91. The number of hydrogen-bond acceptors (Lipinski definition) is 2. The van der Waals surface area contributed by atoms with Crippen LogP contribution in [0.2, 0.25) is 0 Å². The molecule has 3 rings (SSSR count). The van der Waals surface area contributed by atoms with Crippen LogP contribution in [0.3, 0.4) is 0 Å². The van der Waals surface area contributed by atoms with Gasteiger partial charge in [0.1, 0.15) is 5.82 Å². The number of nitrogens with one attached hydrogen (secondary N) is 2. The first-order valence-electron chi connectivity index (χ1n) is 7.18. The first-order chi connectivity index (χ1) is 9.42. The average molecular weight is 255 g/mol. The van der Waals surface area contributed by atoms with Gasteiger partial charge in [0.05, 0.1) is 6.54 Å². The van der Waals surface area contributed by atoms with Gasteiger partial charge in [-0.1, -0.05) is 49.6 Å². The molecule has 1 unspecified atom stereocenters. The Hall–Kier alpha value is -1.61. The van der Waals surface area contributed by atoms with Crippen LogP contribution in [0, 0.1) is 5.92 Å². The van der Waals surface area contributed by atoms with Gasteiger partial charge in [0.15, 0.2) is 0 Å². The highest BCUT2D eigenvalue weighted by molar-refractivity contribution is 5.19. The third kappa shape index (κ3) is 3.24. The first-order valence-corrected chi connectivity index (χ1v) is 7.18. The van der Waals surface area contributed by atoms with Crippen LogP contribution in [0.4, 0.5) is 0 Å². The van der Waals surface area contributed by atoms with Gasteiger partial charge in [-0.15, -0.1) is 0 Å². The topological polar surface area (TPSA) is 40.7 Å². The summed E-state index contributed by atoms with van der Waals surface area (Å²) >= 11 is 0. The quantitative estimate of drug-likeness (QED) is 0.830. The molecule has 2 aromatic rings. The van der Waals surface area contributed by atoms with Gasteiger partial charge in [0.25, 0.3) is 0 Å². The second-order valence-corrected chi connectivity index (χ2v) is 5.41. The molecule has 0 radical (unpaired) electrons. The Morgan fingerprint density at radius 2 is 2.11 bits per heavy atom. The highest BCUT2D eigenvalue weighted by Gasteiger charge is 2.22. The van der Waals surface area contributed by atoms with Crippen molar-refractivity contribution in [2.24, 2.45) is 5.92 Å². The summed E-state index contributed by atoms with van der Waals surface area (Å²) in [5, 5.41) is 3.64. The molecular formula is C16H21N3. The summed E-state index contributed by atoms with van der Waals surface area (Å²) in [4.78, 5) is 7.43. The van der Waals surface area contributed by atoms with Crippen LogP contribution in [-0.2, 0) is 6.54 Å². The van der Waals surface area contributed by atoms with Crippen LogP contribution >= 0.6 is 0 Å². The number of H-pyrrole nitrogens is 1. The lowest BCUT2D eigenvalue weighted by atomic mass is 9.79. The number of benzene rings is 1. The van der Waals surface area contributed by atoms with E-state index < -0.39 is 0 Å². The minimum Gasteiger partial charge on any atom is -0.348 e.